The van der Waals surface area contributed by atoms with E-state index >= 15 is 0 Å². The minimum atomic E-state index is 0.827. The highest BCUT2D eigenvalue weighted by atomic mass is 16.5. The van der Waals surface area contributed by atoms with Crippen LogP contribution >= 0.6 is 0 Å². The minimum Gasteiger partial charge on any atom is -0.380 e. The first-order valence-corrected chi connectivity index (χ1v) is 5.86. The van der Waals surface area contributed by atoms with Crippen LogP contribution in [0.15, 0.2) is 0 Å². The predicted octanol–water partition coefficient (Wildman–Crippen LogP) is 0.803. The van der Waals surface area contributed by atoms with Crippen molar-refractivity contribution >= 4 is 0 Å². The van der Waals surface area contributed by atoms with Gasteiger partial charge >= 0.3 is 0 Å². The van der Waals surface area contributed by atoms with Crippen LogP contribution < -0.4 is 0 Å². The summed E-state index contributed by atoms with van der Waals surface area (Å²) in [7, 11) is 2.22. The number of likely N-dealkylation sites (tertiary alicyclic amines) is 1. The average molecular weight is 198 g/mol. The third-order valence-corrected chi connectivity index (χ3v) is 3.46. The molecule has 2 rings (SSSR count). The lowest BCUT2D eigenvalue weighted by molar-refractivity contribution is 0.105. The van der Waals surface area contributed by atoms with Crippen LogP contribution in [0.5, 0.6) is 0 Å². The maximum absolute atomic E-state index is 5.48. The standard InChI is InChI=1S/C11H22N2O/c1-12-6-3-11(4-7-12)13-5-2-9-14-10-8-13/h11H,2-10H2,1H3. The number of piperidine rings is 1. The molecule has 2 aliphatic heterocycles. The maximum Gasteiger partial charge on any atom is 0.0593 e. The van der Waals surface area contributed by atoms with Crippen LogP contribution in [-0.2, 0) is 4.74 Å². The van der Waals surface area contributed by atoms with Crippen molar-refractivity contribution in [1.29, 1.82) is 0 Å². The van der Waals surface area contributed by atoms with Gasteiger partial charge in [-0.25, -0.2) is 0 Å². The maximum atomic E-state index is 5.48. The fourth-order valence-electron chi connectivity index (χ4n) is 2.49. The van der Waals surface area contributed by atoms with Crippen LogP contribution in [0.3, 0.4) is 0 Å². The van der Waals surface area contributed by atoms with E-state index in [1.165, 1.54) is 38.9 Å². The molecule has 0 saturated carbocycles. The number of rotatable bonds is 1. The topological polar surface area (TPSA) is 15.7 Å². The zero-order valence-corrected chi connectivity index (χ0v) is 9.24. The molecule has 0 amide bonds. The van der Waals surface area contributed by atoms with Gasteiger partial charge < -0.3 is 9.64 Å². The summed E-state index contributed by atoms with van der Waals surface area (Å²) in [5.74, 6) is 0. The Morgan fingerprint density at radius 2 is 1.79 bits per heavy atom. The molecule has 0 aromatic carbocycles. The van der Waals surface area contributed by atoms with Gasteiger partial charge in [-0.2, -0.15) is 0 Å². The Kier molecular flexibility index (Phi) is 3.79. The van der Waals surface area contributed by atoms with Gasteiger partial charge in [-0.3, -0.25) is 4.90 Å². The lowest BCUT2D eigenvalue weighted by Crippen LogP contribution is -2.44. The molecule has 2 aliphatic rings. The van der Waals surface area contributed by atoms with E-state index in [0.717, 1.165) is 25.8 Å². The molecule has 0 aromatic rings. The van der Waals surface area contributed by atoms with Crippen LogP contribution in [0.25, 0.3) is 0 Å². The normalized spacial score (nSPS) is 28.9. The van der Waals surface area contributed by atoms with Crippen molar-refractivity contribution in [1.82, 2.24) is 9.80 Å². The molecule has 0 radical (unpaired) electrons. The van der Waals surface area contributed by atoms with Crippen molar-refractivity contribution in [3.63, 3.8) is 0 Å². The van der Waals surface area contributed by atoms with E-state index in [2.05, 4.69) is 16.8 Å². The van der Waals surface area contributed by atoms with E-state index in [9.17, 15) is 0 Å². The quantitative estimate of drug-likeness (QED) is 0.620. The van der Waals surface area contributed by atoms with Crippen LogP contribution in [0.1, 0.15) is 19.3 Å². The molecule has 0 aliphatic carbocycles. The lowest BCUT2D eigenvalue weighted by Gasteiger charge is -2.36. The molecule has 0 bridgehead atoms. The van der Waals surface area contributed by atoms with Gasteiger partial charge in [-0.1, -0.05) is 0 Å². The Morgan fingerprint density at radius 1 is 1.00 bits per heavy atom. The summed E-state index contributed by atoms with van der Waals surface area (Å²) in [5.41, 5.74) is 0. The highest BCUT2D eigenvalue weighted by molar-refractivity contribution is 4.79. The van der Waals surface area contributed by atoms with Crippen molar-refractivity contribution in [3.05, 3.63) is 0 Å². The van der Waals surface area contributed by atoms with Crippen LogP contribution in [0.2, 0.25) is 0 Å². The molecule has 2 fully saturated rings. The lowest BCUT2D eigenvalue weighted by atomic mass is 10.0. The van der Waals surface area contributed by atoms with Gasteiger partial charge in [0.2, 0.25) is 0 Å². The van der Waals surface area contributed by atoms with Gasteiger partial charge in [0.05, 0.1) is 6.61 Å². The molecule has 0 aromatic heterocycles. The molecule has 14 heavy (non-hydrogen) atoms. The van der Waals surface area contributed by atoms with Crippen LogP contribution in [0.4, 0.5) is 0 Å². The molecular weight excluding hydrogens is 176 g/mol. The van der Waals surface area contributed by atoms with Gasteiger partial charge in [0.25, 0.3) is 0 Å². The highest BCUT2D eigenvalue weighted by Gasteiger charge is 2.23. The van der Waals surface area contributed by atoms with E-state index in [0.29, 0.717) is 0 Å². The van der Waals surface area contributed by atoms with Crippen LogP contribution in [0, 0.1) is 0 Å². The van der Waals surface area contributed by atoms with Gasteiger partial charge in [-0.15, -0.1) is 0 Å². The first-order valence-electron chi connectivity index (χ1n) is 5.86. The van der Waals surface area contributed by atoms with E-state index in [1.54, 1.807) is 0 Å². The second-order valence-electron chi connectivity index (χ2n) is 4.54. The third-order valence-electron chi connectivity index (χ3n) is 3.46. The third kappa shape index (κ3) is 2.69. The van der Waals surface area contributed by atoms with E-state index < -0.39 is 0 Å². The Bertz CT molecular complexity index is 159. The van der Waals surface area contributed by atoms with Crippen molar-refractivity contribution < 1.29 is 4.74 Å². The zero-order chi connectivity index (χ0) is 9.80. The molecule has 2 heterocycles. The van der Waals surface area contributed by atoms with Gasteiger partial charge in [0.15, 0.2) is 0 Å². The molecule has 0 N–H and O–H groups in total. The van der Waals surface area contributed by atoms with Crippen molar-refractivity contribution in [3.8, 4) is 0 Å². The van der Waals surface area contributed by atoms with E-state index in [4.69, 9.17) is 4.74 Å². The van der Waals surface area contributed by atoms with Gasteiger partial charge in [0, 0.05) is 25.7 Å². The summed E-state index contributed by atoms with van der Waals surface area (Å²) in [4.78, 5) is 5.07. The Balaban J connectivity index is 1.81. The number of hydrogen-bond donors (Lipinski definition) is 0. The summed E-state index contributed by atoms with van der Waals surface area (Å²) in [6.45, 7) is 6.82. The summed E-state index contributed by atoms with van der Waals surface area (Å²) in [5, 5.41) is 0. The monoisotopic (exact) mass is 198 g/mol. The number of ether oxygens (including phenoxy) is 1. The summed E-state index contributed by atoms with van der Waals surface area (Å²) in [6.07, 6.45) is 3.90. The highest BCUT2D eigenvalue weighted by Crippen LogP contribution is 2.16. The summed E-state index contributed by atoms with van der Waals surface area (Å²) < 4.78 is 5.48. The van der Waals surface area contributed by atoms with Gasteiger partial charge in [-0.05, 0) is 39.4 Å². The number of nitrogens with zero attached hydrogens (tertiary/aromatic N) is 2. The van der Waals surface area contributed by atoms with E-state index in [1.807, 2.05) is 0 Å². The second kappa shape index (κ2) is 5.10. The summed E-state index contributed by atoms with van der Waals surface area (Å²) >= 11 is 0. The zero-order valence-electron chi connectivity index (χ0n) is 9.24. The Morgan fingerprint density at radius 3 is 2.57 bits per heavy atom. The average Bonchev–Trinajstić information content (AvgIpc) is 2.47. The SMILES string of the molecule is CN1CCC(N2CCCOCC2)CC1. The molecule has 0 spiro atoms. The van der Waals surface area contributed by atoms with Crippen molar-refractivity contribution in [2.24, 2.45) is 0 Å². The molecular formula is C11H22N2O. The summed E-state index contributed by atoms with van der Waals surface area (Å²) in [6, 6.07) is 0.827. The molecule has 0 atom stereocenters. The smallest absolute Gasteiger partial charge is 0.0593 e. The number of hydrogen-bond acceptors (Lipinski definition) is 3. The van der Waals surface area contributed by atoms with Gasteiger partial charge in [0.1, 0.15) is 0 Å². The first-order chi connectivity index (χ1) is 6.86. The van der Waals surface area contributed by atoms with Crippen LogP contribution in [-0.4, -0.2) is 62.3 Å². The molecule has 3 nitrogen and oxygen atoms in total. The second-order valence-corrected chi connectivity index (χ2v) is 4.54. The largest absolute Gasteiger partial charge is 0.380 e. The molecule has 0 unspecified atom stereocenters. The Hall–Kier alpha value is -0.120. The van der Waals surface area contributed by atoms with Crippen molar-refractivity contribution in [2.75, 3.05) is 46.4 Å². The minimum absolute atomic E-state index is 0.827. The fourth-order valence-corrected chi connectivity index (χ4v) is 2.49. The predicted molar refractivity (Wildman–Crippen MR) is 57.5 cm³/mol. The Labute approximate surface area is 87.0 Å². The molecule has 2 saturated heterocycles. The molecule has 3 heteroatoms. The first kappa shape index (κ1) is 10.4. The fraction of sp³-hybridized carbons (Fsp3) is 1.00. The molecule has 82 valence electrons. The van der Waals surface area contributed by atoms with Crippen molar-refractivity contribution in [2.45, 2.75) is 25.3 Å². The van der Waals surface area contributed by atoms with E-state index in [-0.39, 0.29) is 0 Å².